The van der Waals surface area contributed by atoms with Crippen molar-refractivity contribution in [1.82, 2.24) is 19.5 Å². The van der Waals surface area contributed by atoms with Gasteiger partial charge in [-0.15, -0.1) is 0 Å². The molecule has 1 atom stereocenters. The Labute approximate surface area is 199 Å². The van der Waals surface area contributed by atoms with Gasteiger partial charge in [-0.2, -0.15) is 10.2 Å². The van der Waals surface area contributed by atoms with Crippen LogP contribution in [0.5, 0.6) is 0 Å². The number of nitrogens with one attached hydrogen (secondary N) is 1. The Hall–Kier alpha value is -4.48. The van der Waals surface area contributed by atoms with Crippen molar-refractivity contribution in [2.24, 2.45) is 0 Å². The lowest BCUT2D eigenvalue weighted by Crippen LogP contribution is -2.27. The van der Waals surface area contributed by atoms with E-state index in [0.717, 1.165) is 10.8 Å². The molecule has 2 heterocycles. The number of anilines is 2. The number of nitrogens with zero attached hydrogens (tertiary/aromatic N) is 5. The van der Waals surface area contributed by atoms with E-state index in [1.54, 1.807) is 18.2 Å². The topological polar surface area (TPSA) is 123 Å². The number of fused-ring (bicyclic) bond motifs is 2. The molecular weight excluding hydrogens is 450 g/mol. The van der Waals surface area contributed by atoms with Crippen LogP contribution in [-0.2, 0) is 0 Å². The first-order valence-corrected chi connectivity index (χ1v) is 10.8. The maximum absolute atomic E-state index is 13.8. The molecule has 2 aromatic heterocycles. The van der Waals surface area contributed by atoms with Crippen LogP contribution in [0.3, 0.4) is 0 Å². The average Bonchev–Trinajstić information content (AvgIpc) is 2.83. The Morgan fingerprint density at radius 1 is 1.09 bits per heavy atom. The van der Waals surface area contributed by atoms with Gasteiger partial charge in [-0.25, -0.2) is 9.97 Å². The molecule has 0 spiro atoms. The summed E-state index contributed by atoms with van der Waals surface area (Å²) in [6.45, 7) is 1.83. The van der Waals surface area contributed by atoms with Gasteiger partial charge in [0.15, 0.2) is 0 Å². The number of hydrogen-bond donors (Lipinski definition) is 2. The van der Waals surface area contributed by atoms with Crippen LogP contribution in [0.4, 0.5) is 11.8 Å². The van der Waals surface area contributed by atoms with Crippen LogP contribution in [0.15, 0.2) is 71.7 Å². The van der Waals surface area contributed by atoms with Crippen LogP contribution in [0.2, 0.25) is 5.02 Å². The largest absolute Gasteiger partial charge is 0.368 e. The molecule has 5 rings (SSSR count). The first kappa shape index (κ1) is 21.4. The summed E-state index contributed by atoms with van der Waals surface area (Å²) in [5, 5.41) is 15.3. The highest BCUT2D eigenvalue weighted by Crippen LogP contribution is 2.26. The van der Waals surface area contributed by atoms with E-state index >= 15 is 0 Å². The highest BCUT2D eigenvalue weighted by atomic mass is 35.5. The first-order chi connectivity index (χ1) is 16.5. The highest BCUT2D eigenvalue weighted by molar-refractivity contribution is 6.35. The van der Waals surface area contributed by atoms with E-state index < -0.39 is 6.04 Å². The molecule has 0 aliphatic heterocycles. The fourth-order valence-electron chi connectivity index (χ4n) is 3.92. The standard InChI is InChI=1S/C25H18ClN7O/c1-14(30-22-17(12-27)13-29-25(28)32-22)23-31-20-8-4-7-19(26)21(20)24(34)33(23)18-10-9-15-5-2-3-6-16(15)11-18/h2-11,13-14H,1H3,(H3,28,29,30,32)/t14-/m1/s1. The molecule has 5 aromatic rings. The third-order valence-electron chi connectivity index (χ3n) is 5.53. The minimum atomic E-state index is -0.524. The van der Waals surface area contributed by atoms with Gasteiger partial charge in [-0.3, -0.25) is 9.36 Å². The van der Waals surface area contributed by atoms with Crippen LogP contribution >= 0.6 is 11.6 Å². The minimum Gasteiger partial charge on any atom is -0.368 e. The van der Waals surface area contributed by atoms with Gasteiger partial charge in [-0.05, 0) is 42.0 Å². The number of hydrogen-bond acceptors (Lipinski definition) is 7. The lowest BCUT2D eigenvalue weighted by molar-refractivity contribution is 0.731. The molecule has 0 aliphatic rings. The summed E-state index contributed by atoms with van der Waals surface area (Å²) in [7, 11) is 0. The molecule has 0 saturated heterocycles. The number of nitrogen functional groups attached to an aromatic ring is 1. The Kier molecular flexibility index (Phi) is 5.32. The molecule has 0 aliphatic carbocycles. The quantitative estimate of drug-likeness (QED) is 0.395. The highest BCUT2D eigenvalue weighted by Gasteiger charge is 2.21. The van der Waals surface area contributed by atoms with E-state index in [9.17, 15) is 10.1 Å². The van der Waals surface area contributed by atoms with E-state index in [-0.39, 0.29) is 22.9 Å². The maximum atomic E-state index is 13.8. The fourth-order valence-corrected chi connectivity index (χ4v) is 4.17. The van der Waals surface area contributed by atoms with Crippen molar-refractivity contribution in [2.75, 3.05) is 11.1 Å². The molecule has 3 N–H and O–H groups in total. The number of nitrogens with two attached hydrogens (primary N) is 1. The fraction of sp³-hybridized carbons (Fsp3) is 0.0800. The zero-order valence-corrected chi connectivity index (χ0v) is 18.8. The molecule has 3 aromatic carbocycles. The van der Waals surface area contributed by atoms with Gasteiger partial charge in [0.05, 0.1) is 33.9 Å². The van der Waals surface area contributed by atoms with Crippen LogP contribution in [0, 0.1) is 11.3 Å². The van der Waals surface area contributed by atoms with Gasteiger partial charge < -0.3 is 11.1 Å². The number of nitriles is 1. The predicted octanol–water partition coefficient (Wildman–Crippen LogP) is 4.61. The second-order valence-corrected chi connectivity index (χ2v) is 8.15. The number of halogens is 1. The van der Waals surface area contributed by atoms with E-state index in [0.29, 0.717) is 27.4 Å². The van der Waals surface area contributed by atoms with Crippen LogP contribution < -0.4 is 16.6 Å². The Balaban J connectivity index is 1.74. The third-order valence-corrected chi connectivity index (χ3v) is 5.85. The summed E-state index contributed by atoms with van der Waals surface area (Å²) >= 11 is 6.40. The third kappa shape index (κ3) is 3.68. The molecular formula is C25H18ClN7O. The Morgan fingerprint density at radius 3 is 2.68 bits per heavy atom. The lowest BCUT2D eigenvalue weighted by atomic mass is 10.1. The van der Waals surface area contributed by atoms with E-state index in [4.69, 9.17) is 22.3 Å². The van der Waals surface area contributed by atoms with Crippen molar-refractivity contribution in [2.45, 2.75) is 13.0 Å². The summed E-state index contributed by atoms with van der Waals surface area (Å²) in [6.07, 6.45) is 1.35. The van der Waals surface area contributed by atoms with Crippen LogP contribution in [-0.4, -0.2) is 19.5 Å². The predicted molar refractivity (Wildman–Crippen MR) is 133 cm³/mol. The van der Waals surface area contributed by atoms with Gasteiger partial charge in [0.2, 0.25) is 5.95 Å². The lowest BCUT2D eigenvalue weighted by Gasteiger charge is -2.21. The first-order valence-electron chi connectivity index (χ1n) is 10.5. The normalized spacial score (nSPS) is 11.9. The maximum Gasteiger partial charge on any atom is 0.267 e. The molecule has 34 heavy (non-hydrogen) atoms. The number of aromatic nitrogens is 4. The van der Waals surface area contributed by atoms with Gasteiger partial charge >= 0.3 is 0 Å². The number of rotatable bonds is 4. The second-order valence-electron chi connectivity index (χ2n) is 7.74. The molecule has 0 radical (unpaired) electrons. The zero-order chi connectivity index (χ0) is 23.8. The van der Waals surface area contributed by atoms with Gasteiger partial charge in [0.25, 0.3) is 5.56 Å². The molecule has 8 nitrogen and oxygen atoms in total. The Bertz CT molecular complexity index is 1670. The monoisotopic (exact) mass is 467 g/mol. The summed E-state index contributed by atoms with van der Waals surface area (Å²) in [4.78, 5) is 26.6. The Morgan fingerprint density at radius 2 is 1.88 bits per heavy atom. The smallest absolute Gasteiger partial charge is 0.267 e. The molecule has 166 valence electrons. The van der Waals surface area contributed by atoms with Crippen molar-refractivity contribution < 1.29 is 0 Å². The van der Waals surface area contributed by atoms with Crippen molar-refractivity contribution in [3.05, 3.63) is 93.6 Å². The zero-order valence-electron chi connectivity index (χ0n) is 18.0. The van der Waals surface area contributed by atoms with E-state index in [1.165, 1.54) is 10.8 Å². The summed E-state index contributed by atoms with van der Waals surface area (Å²) < 4.78 is 1.54. The van der Waals surface area contributed by atoms with Gasteiger partial charge in [0, 0.05) is 0 Å². The summed E-state index contributed by atoms with van der Waals surface area (Å²) in [5.74, 6) is 0.711. The van der Waals surface area contributed by atoms with E-state index in [2.05, 4.69) is 15.3 Å². The van der Waals surface area contributed by atoms with Gasteiger partial charge in [-0.1, -0.05) is 48.0 Å². The SMILES string of the molecule is C[C@@H](Nc1nc(N)ncc1C#N)c1nc2cccc(Cl)c2c(=O)n1-c1ccc2ccccc2c1. The molecule has 9 heteroatoms. The molecule has 0 fully saturated rings. The average molecular weight is 468 g/mol. The van der Waals surface area contributed by atoms with Crippen molar-refractivity contribution >= 4 is 45.0 Å². The minimum absolute atomic E-state index is 0.0267. The van der Waals surface area contributed by atoms with Crippen LogP contribution in [0.1, 0.15) is 24.4 Å². The summed E-state index contributed by atoms with van der Waals surface area (Å²) in [6, 6.07) is 20.3. The van der Waals surface area contributed by atoms with Crippen molar-refractivity contribution in [1.29, 1.82) is 5.26 Å². The second kappa shape index (κ2) is 8.46. The van der Waals surface area contributed by atoms with Crippen molar-refractivity contribution in [3.63, 3.8) is 0 Å². The summed E-state index contributed by atoms with van der Waals surface area (Å²) in [5.41, 5.74) is 6.78. The molecule has 0 bridgehead atoms. The molecule has 0 unspecified atom stereocenters. The van der Waals surface area contributed by atoms with E-state index in [1.807, 2.05) is 55.5 Å². The van der Waals surface area contributed by atoms with Crippen molar-refractivity contribution in [3.8, 4) is 11.8 Å². The van der Waals surface area contributed by atoms with Crippen LogP contribution in [0.25, 0.3) is 27.4 Å². The molecule has 0 saturated carbocycles. The number of benzene rings is 3. The van der Waals surface area contributed by atoms with Gasteiger partial charge in [0.1, 0.15) is 23.3 Å². The molecule has 0 amide bonds.